The first-order chi connectivity index (χ1) is 10.6. The number of amides is 3. The number of nitrogens with one attached hydrogen (secondary N) is 2. The molecule has 1 atom stereocenters. The fourth-order valence-corrected chi connectivity index (χ4v) is 3.64. The van der Waals surface area contributed by atoms with Crippen molar-refractivity contribution in [2.45, 2.75) is 25.3 Å². The minimum Gasteiger partial charge on any atom is -0.352 e. The van der Waals surface area contributed by atoms with Crippen molar-refractivity contribution in [3.63, 3.8) is 0 Å². The molecule has 3 amide bonds. The van der Waals surface area contributed by atoms with Crippen LogP contribution in [0.5, 0.6) is 0 Å². The van der Waals surface area contributed by atoms with Crippen LogP contribution in [0.25, 0.3) is 0 Å². The lowest BCUT2D eigenvalue weighted by molar-refractivity contribution is -0.133. The summed E-state index contributed by atoms with van der Waals surface area (Å²) in [5.41, 5.74) is 5.23. The van der Waals surface area contributed by atoms with Crippen LogP contribution in [-0.2, 0) is 4.79 Å². The molecule has 2 heterocycles. The molecule has 1 unspecified atom stereocenters. The first-order valence-corrected chi connectivity index (χ1v) is 8.50. The van der Waals surface area contributed by atoms with Gasteiger partial charge in [0.25, 0.3) is 0 Å². The van der Waals surface area contributed by atoms with E-state index < -0.39 is 6.03 Å². The van der Waals surface area contributed by atoms with Crippen molar-refractivity contribution < 1.29 is 9.59 Å². The van der Waals surface area contributed by atoms with E-state index in [1.165, 1.54) is 11.3 Å². The third-order valence-electron chi connectivity index (χ3n) is 4.04. The van der Waals surface area contributed by atoms with Crippen LogP contribution in [-0.4, -0.2) is 43.5 Å². The molecular weight excluding hydrogens is 336 g/mol. The van der Waals surface area contributed by atoms with Gasteiger partial charge in [-0.15, -0.1) is 23.7 Å². The molecule has 0 aromatic carbocycles. The van der Waals surface area contributed by atoms with E-state index >= 15 is 0 Å². The van der Waals surface area contributed by atoms with Crippen molar-refractivity contribution in [3.8, 4) is 0 Å². The number of nitrogens with two attached hydrogens (primary N) is 1. The highest BCUT2D eigenvalue weighted by Gasteiger charge is 2.25. The standard InChI is InChI=1S/C15H24N4O2S.ClH/c1-17-10-11-4-6-19(7-5-11)14(20)9-12(18-15(16)21)13-3-2-8-22-13;/h2-3,8,11-12,17H,4-7,9-10H2,1H3,(H3,16,18,21);1H. The second kappa shape index (κ2) is 9.75. The highest BCUT2D eigenvalue weighted by atomic mass is 35.5. The van der Waals surface area contributed by atoms with Gasteiger partial charge in [0.15, 0.2) is 0 Å². The lowest BCUT2D eigenvalue weighted by Crippen LogP contribution is -2.42. The zero-order chi connectivity index (χ0) is 15.9. The Balaban J connectivity index is 0.00000264. The van der Waals surface area contributed by atoms with Crippen molar-refractivity contribution in [1.29, 1.82) is 0 Å². The summed E-state index contributed by atoms with van der Waals surface area (Å²) < 4.78 is 0. The summed E-state index contributed by atoms with van der Waals surface area (Å²) >= 11 is 1.52. The summed E-state index contributed by atoms with van der Waals surface area (Å²) in [5, 5.41) is 7.79. The van der Waals surface area contributed by atoms with Crippen molar-refractivity contribution in [2.24, 2.45) is 11.7 Å². The summed E-state index contributed by atoms with van der Waals surface area (Å²) in [4.78, 5) is 26.5. The first kappa shape index (κ1) is 19.7. The molecular formula is C15H25ClN4O2S. The van der Waals surface area contributed by atoms with E-state index in [2.05, 4.69) is 10.6 Å². The van der Waals surface area contributed by atoms with Crippen molar-refractivity contribution in [3.05, 3.63) is 22.4 Å². The van der Waals surface area contributed by atoms with E-state index in [1.54, 1.807) is 0 Å². The predicted octanol–water partition coefficient (Wildman–Crippen LogP) is 1.73. The highest BCUT2D eigenvalue weighted by Crippen LogP contribution is 2.24. The summed E-state index contributed by atoms with van der Waals surface area (Å²) in [6.07, 6.45) is 2.32. The maximum atomic E-state index is 12.5. The molecule has 2 rings (SSSR count). The fourth-order valence-electron chi connectivity index (χ4n) is 2.86. The third kappa shape index (κ3) is 6.01. The van der Waals surface area contributed by atoms with Crippen LogP contribution in [0.2, 0.25) is 0 Å². The van der Waals surface area contributed by atoms with Gasteiger partial charge in [0.05, 0.1) is 12.5 Å². The fraction of sp³-hybridized carbons (Fsp3) is 0.600. The molecule has 1 aromatic rings. The third-order valence-corrected chi connectivity index (χ3v) is 5.03. The number of carbonyl (C=O) groups is 2. The van der Waals surface area contributed by atoms with E-state index in [9.17, 15) is 9.59 Å². The molecule has 0 bridgehead atoms. The average molecular weight is 361 g/mol. The second-order valence-electron chi connectivity index (χ2n) is 5.66. The van der Waals surface area contributed by atoms with Gasteiger partial charge in [0, 0.05) is 18.0 Å². The second-order valence-corrected chi connectivity index (χ2v) is 6.64. The van der Waals surface area contributed by atoms with Crippen LogP contribution in [0.4, 0.5) is 4.79 Å². The minimum atomic E-state index is -0.598. The average Bonchev–Trinajstić information content (AvgIpc) is 3.01. The van der Waals surface area contributed by atoms with Gasteiger partial charge in [0.2, 0.25) is 5.91 Å². The Morgan fingerprint density at radius 3 is 2.65 bits per heavy atom. The number of hydrogen-bond donors (Lipinski definition) is 3. The number of urea groups is 1. The van der Waals surface area contributed by atoms with Gasteiger partial charge in [-0.2, -0.15) is 0 Å². The Bertz CT molecular complexity index is 490. The van der Waals surface area contributed by atoms with Gasteiger partial charge in [-0.3, -0.25) is 4.79 Å². The number of likely N-dealkylation sites (tertiary alicyclic amines) is 1. The van der Waals surface area contributed by atoms with Gasteiger partial charge in [-0.1, -0.05) is 6.07 Å². The first-order valence-electron chi connectivity index (χ1n) is 7.62. The van der Waals surface area contributed by atoms with E-state index in [4.69, 9.17) is 5.73 Å². The van der Waals surface area contributed by atoms with Crippen LogP contribution >= 0.6 is 23.7 Å². The molecule has 8 heteroatoms. The molecule has 1 fully saturated rings. The molecule has 1 aromatic heterocycles. The van der Waals surface area contributed by atoms with Crippen LogP contribution in [0, 0.1) is 5.92 Å². The van der Waals surface area contributed by atoms with Gasteiger partial charge >= 0.3 is 6.03 Å². The SMILES string of the molecule is CNCC1CCN(C(=O)CC(NC(N)=O)c2cccs2)CC1.Cl. The number of nitrogens with zero attached hydrogens (tertiary/aromatic N) is 1. The Labute approximate surface area is 147 Å². The van der Waals surface area contributed by atoms with E-state index in [-0.39, 0.29) is 30.8 Å². The number of primary amides is 1. The molecule has 0 radical (unpaired) electrons. The molecule has 0 spiro atoms. The van der Waals surface area contributed by atoms with E-state index in [0.717, 1.165) is 37.4 Å². The van der Waals surface area contributed by atoms with Gasteiger partial charge in [-0.25, -0.2) is 4.79 Å². The summed E-state index contributed by atoms with van der Waals surface area (Å²) in [6.45, 7) is 2.58. The van der Waals surface area contributed by atoms with Crippen LogP contribution in [0.3, 0.4) is 0 Å². The largest absolute Gasteiger partial charge is 0.352 e. The Morgan fingerprint density at radius 2 is 2.13 bits per heavy atom. The molecule has 1 aliphatic rings. The zero-order valence-corrected chi connectivity index (χ0v) is 14.9. The van der Waals surface area contributed by atoms with Gasteiger partial charge in [0.1, 0.15) is 0 Å². The predicted molar refractivity (Wildman–Crippen MR) is 94.9 cm³/mol. The monoisotopic (exact) mass is 360 g/mol. The van der Waals surface area contributed by atoms with Crippen molar-refractivity contribution >= 4 is 35.7 Å². The smallest absolute Gasteiger partial charge is 0.312 e. The zero-order valence-electron chi connectivity index (χ0n) is 13.3. The molecule has 130 valence electrons. The lowest BCUT2D eigenvalue weighted by Gasteiger charge is -2.32. The topological polar surface area (TPSA) is 87.5 Å². The maximum absolute atomic E-state index is 12.5. The van der Waals surface area contributed by atoms with E-state index in [1.807, 2.05) is 29.5 Å². The number of rotatable bonds is 6. The van der Waals surface area contributed by atoms with Crippen LogP contribution in [0.15, 0.2) is 17.5 Å². The number of piperidine rings is 1. The van der Waals surface area contributed by atoms with Crippen molar-refractivity contribution in [2.75, 3.05) is 26.7 Å². The number of carbonyl (C=O) groups excluding carboxylic acids is 2. The Morgan fingerprint density at radius 1 is 1.43 bits per heavy atom. The normalized spacial score (nSPS) is 16.5. The van der Waals surface area contributed by atoms with Crippen LogP contribution in [0.1, 0.15) is 30.2 Å². The lowest BCUT2D eigenvalue weighted by atomic mass is 9.96. The maximum Gasteiger partial charge on any atom is 0.312 e. The summed E-state index contributed by atoms with van der Waals surface area (Å²) in [5.74, 6) is 0.723. The molecule has 6 nitrogen and oxygen atoms in total. The number of thiophene rings is 1. The summed E-state index contributed by atoms with van der Waals surface area (Å²) in [7, 11) is 1.96. The molecule has 23 heavy (non-hydrogen) atoms. The summed E-state index contributed by atoms with van der Waals surface area (Å²) in [6, 6.07) is 2.89. The number of hydrogen-bond acceptors (Lipinski definition) is 4. The van der Waals surface area contributed by atoms with Gasteiger partial charge in [-0.05, 0) is 43.8 Å². The van der Waals surface area contributed by atoms with E-state index in [0.29, 0.717) is 5.92 Å². The molecule has 1 saturated heterocycles. The molecule has 4 N–H and O–H groups in total. The molecule has 1 aliphatic heterocycles. The highest BCUT2D eigenvalue weighted by molar-refractivity contribution is 7.10. The Kier molecular flexibility index (Phi) is 8.36. The van der Waals surface area contributed by atoms with Gasteiger partial charge < -0.3 is 21.3 Å². The molecule has 0 saturated carbocycles. The van der Waals surface area contributed by atoms with Crippen molar-refractivity contribution in [1.82, 2.24) is 15.5 Å². The Hall–Kier alpha value is -1.31. The molecule has 0 aliphatic carbocycles. The van der Waals surface area contributed by atoms with Crippen LogP contribution < -0.4 is 16.4 Å². The number of halogens is 1. The quantitative estimate of drug-likeness (QED) is 0.721. The minimum absolute atomic E-state index is 0.